The van der Waals surface area contributed by atoms with Gasteiger partial charge in [0.2, 0.25) is 0 Å². The lowest BCUT2D eigenvalue weighted by molar-refractivity contribution is 0.0980. The lowest BCUT2D eigenvalue weighted by Gasteiger charge is -2.02. The summed E-state index contributed by atoms with van der Waals surface area (Å²) in [5.41, 5.74) is 0.418. The molecular weight excluding hydrogens is 203 g/mol. The first kappa shape index (κ1) is 11.2. The minimum atomic E-state index is -0.415. The Morgan fingerprint density at radius 1 is 1.50 bits per heavy atom. The van der Waals surface area contributed by atoms with Gasteiger partial charge in [-0.1, -0.05) is 24.9 Å². The van der Waals surface area contributed by atoms with Crippen molar-refractivity contribution >= 4 is 17.4 Å². The summed E-state index contributed by atoms with van der Waals surface area (Å²) >= 11 is 5.74. The monoisotopic (exact) mass is 214 g/mol. The number of halogens is 2. The maximum atomic E-state index is 12.7. The highest BCUT2D eigenvalue weighted by Crippen LogP contribution is 2.19. The standard InChI is InChI=1S/C11H12ClFO/c1-2-3-4-11(14)9-6-5-8(13)7-10(9)12/h5-7H,2-4H2,1H3. The number of carbonyl (C=O) groups excluding carboxylic acids is 1. The van der Waals surface area contributed by atoms with E-state index < -0.39 is 5.82 Å². The third kappa shape index (κ3) is 2.81. The average Bonchev–Trinajstić information content (AvgIpc) is 2.14. The van der Waals surface area contributed by atoms with E-state index in [1.54, 1.807) is 0 Å². The van der Waals surface area contributed by atoms with E-state index in [9.17, 15) is 9.18 Å². The van der Waals surface area contributed by atoms with Gasteiger partial charge in [0.25, 0.3) is 0 Å². The van der Waals surface area contributed by atoms with Crippen LogP contribution in [0.25, 0.3) is 0 Å². The van der Waals surface area contributed by atoms with Crippen LogP contribution < -0.4 is 0 Å². The molecular formula is C11H12ClFO. The van der Waals surface area contributed by atoms with E-state index in [-0.39, 0.29) is 10.8 Å². The molecule has 3 heteroatoms. The van der Waals surface area contributed by atoms with Crippen molar-refractivity contribution in [3.63, 3.8) is 0 Å². The summed E-state index contributed by atoms with van der Waals surface area (Å²) in [6.45, 7) is 2.01. The van der Waals surface area contributed by atoms with Gasteiger partial charge >= 0.3 is 0 Å². The summed E-state index contributed by atoms with van der Waals surface area (Å²) in [7, 11) is 0. The van der Waals surface area contributed by atoms with Crippen LogP contribution >= 0.6 is 11.6 Å². The van der Waals surface area contributed by atoms with Crippen molar-refractivity contribution in [2.75, 3.05) is 0 Å². The third-order valence-electron chi connectivity index (χ3n) is 1.99. The van der Waals surface area contributed by atoms with Gasteiger partial charge in [-0.15, -0.1) is 0 Å². The number of hydrogen-bond donors (Lipinski definition) is 0. The molecule has 76 valence electrons. The van der Waals surface area contributed by atoms with Gasteiger partial charge in [0.15, 0.2) is 5.78 Å². The minimum Gasteiger partial charge on any atom is -0.294 e. The summed E-state index contributed by atoms with van der Waals surface area (Å²) < 4.78 is 12.7. The van der Waals surface area contributed by atoms with Crippen LogP contribution in [0.2, 0.25) is 5.02 Å². The van der Waals surface area contributed by atoms with Gasteiger partial charge < -0.3 is 0 Å². The number of benzene rings is 1. The quantitative estimate of drug-likeness (QED) is 0.696. The van der Waals surface area contributed by atoms with E-state index in [0.717, 1.165) is 12.8 Å². The molecule has 0 amide bonds. The van der Waals surface area contributed by atoms with Gasteiger partial charge in [-0.3, -0.25) is 4.79 Å². The van der Waals surface area contributed by atoms with Crippen molar-refractivity contribution in [2.45, 2.75) is 26.2 Å². The molecule has 0 aliphatic heterocycles. The summed E-state index contributed by atoms with van der Waals surface area (Å²) in [5.74, 6) is -0.432. The molecule has 0 radical (unpaired) electrons. The Balaban J connectivity index is 2.80. The maximum absolute atomic E-state index is 12.7. The number of ketones is 1. The van der Waals surface area contributed by atoms with Gasteiger partial charge in [0.05, 0.1) is 5.02 Å². The number of Topliss-reactive ketones (excluding diaryl/α,β-unsaturated/α-hetero) is 1. The van der Waals surface area contributed by atoms with Crippen LogP contribution in [0.1, 0.15) is 36.5 Å². The van der Waals surface area contributed by atoms with Crippen molar-refractivity contribution in [1.29, 1.82) is 0 Å². The minimum absolute atomic E-state index is 0.0168. The van der Waals surface area contributed by atoms with E-state index in [1.165, 1.54) is 18.2 Å². The zero-order valence-electron chi connectivity index (χ0n) is 8.02. The zero-order valence-corrected chi connectivity index (χ0v) is 8.77. The van der Waals surface area contributed by atoms with Gasteiger partial charge in [-0.05, 0) is 24.6 Å². The molecule has 1 rings (SSSR count). The van der Waals surface area contributed by atoms with Crippen molar-refractivity contribution in [3.8, 4) is 0 Å². The van der Waals surface area contributed by atoms with Crippen LogP contribution in [0.3, 0.4) is 0 Å². The molecule has 0 atom stereocenters. The van der Waals surface area contributed by atoms with Gasteiger partial charge in [-0.25, -0.2) is 4.39 Å². The largest absolute Gasteiger partial charge is 0.294 e. The smallest absolute Gasteiger partial charge is 0.164 e. The highest BCUT2D eigenvalue weighted by molar-refractivity contribution is 6.33. The van der Waals surface area contributed by atoms with E-state index in [2.05, 4.69) is 0 Å². The number of rotatable bonds is 4. The predicted octanol–water partition coefficient (Wildman–Crippen LogP) is 3.85. The fourth-order valence-electron chi connectivity index (χ4n) is 1.19. The van der Waals surface area contributed by atoms with Crippen molar-refractivity contribution in [3.05, 3.63) is 34.6 Å². The predicted molar refractivity (Wildman–Crippen MR) is 55.3 cm³/mol. The molecule has 0 fully saturated rings. The van der Waals surface area contributed by atoms with Crippen molar-refractivity contribution in [2.24, 2.45) is 0 Å². The molecule has 0 N–H and O–H groups in total. The molecule has 1 aromatic rings. The fraction of sp³-hybridized carbons (Fsp3) is 0.364. The molecule has 0 saturated carbocycles. The van der Waals surface area contributed by atoms with Crippen LogP contribution in [0.15, 0.2) is 18.2 Å². The molecule has 1 nitrogen and oxygen atoms in total. The zero-order chi connectivity index (χ0) is 10.6. The molecule has 0 heterocycles. The first-order valence-electron chi connectivity index (χ1n) is 4.63. The Hall–Kier alpha value is -0.890. The highest BCUT2D eigenvalue weighted by Gasteiger charge is 2.09. The third-order valence-corrected chi connectivity index (χ3v) is 2.30. The van der Waals surface area contributed by atoms with Crippen LogP contribution in [-0.2, 0) is 0 Å². The van der Waals surface area contributed by atoms with Crippen LogP contribution in [0.5, 0.6) is 0 Å². The van der Waals surface area contributed by atoms with E-state index >= 15 is 0 Å². The van der Waals surface area contributed by atoms with Crippen molar-refractivity contribution in [1.82, 2.24) is 0 Å². The molecule has 0 unspecified atom stereocenters. The maximum Gasteiger partial charge on any atom is 0.164 e. The topological polar surface area (TPSA) is 17.1 Å². The molecule has 14 heavy (non-hydrogen) atoms. The van der Waals surface area contributed by atoms with Gasteiger partial charge in [-0.2, -0.15) is 0 Å². The first-order valence-corrected chi connectivity index (χ1v) is 5.01. The Morgan fingerprint density at radius 2 is 2.21 bits per heavy atom. The summed E-state index contributed by atoms with van der Waals surface area (Å²) in [6.07, 6.45) is 2.28. The highest BCUT2D eigenvalue weighted by atomic mass is 35.5. The van der Waals surface area contributed by atoms with Gasteiger partial charge in [0.1, 0.15) is 5.82 Å². The lowest BCUT2D eigenvalue weighted by Crippen LogP contribution is -1.99. The number of unbranched alkanes of at least 4 members (excludes halogenated alkanes) is 1. The molecule has 0 saturated heterocycles. The second-order valence-electron chi connectivity index (χ2n) is 3.15. The molecule has 1 aromatic carbocycles. The molecule has 0 spiro atoms. The average molecular weight is 215 g/mol. The molecule has 0 aromatic heterocycles. The normalized spacial score (nSPS) is 10.2. The first-order chi connectivity index (χ1) is 6.65. The van der Waals surface area contributed by atoms with E-state index in [0.29, 0.717) is 12.0 Å². The van der Waals surface area contributed by atoms with Crippen LogP contribution in [-0.4, -0.2) is 5.78 Å². The van der Waals surface area contributed by atoms with E-state index in [1.807, 2.05) is 6.92 Å². The summed E-state index contributed by atoms with van der Waals surface area (Å²) in [5, 5.41) is 0.200. The molecule has 0 aliphatic rings. The molecule has 0 bridgehead atoms. The van der Waals surface area contributed by atoms with Gasteiger partial charge in [0, 0.05) is 12.0 Å². The second-order valence-corrected chi connectivity index (χ2v) is 3.56. The Labute approximate surface area is 87.9 Å². The number of hydrogen-bond acceptors (Lipinski definition) is 1. The van der Waals surface area contributed by atoms with Crippen molar-refractivity contribution < 1.29 is 9.18 Å². The fourth-order valence-corrected chi connectivity index (χ4v) is 1.46. The second kappa shape index (κ2) is 5.11. The Bertz CT molecular complexity index is 336. The van der Waals surface area contributed by atoms with Crippen LogP contribution in [0, 0.1) is 5.82 Å². The summed E-state index contributed by atoms with van der Waals surface area (Å²) in [6, 6.07) is 3.86. The Kier molecular flexibility index (Phi) is 4.08. The lowest BCUT2D eigenvalue weighted by atomic mass is 10.1. The SMILES string of the molecule is CCCCC(=O)c1ccc(F)cc1Cl. The summed E-state index contributed by atoms with van der Waals surface area (Å²) in [4.78, 5) is 11.5. The molecule has 0 aliphatic carbocycles. The van der Waals surface area contributed by atoms with E-state index in [4.69, 9.17) is 11.6 Å². The Morgan fingerprint density at radius 3 is 2.79 bits per heavy atom. The van der Waals surface area contributed by atoms with Crippen LogP contribution in [0.4, 0.5) is 4.39 Å². The number of carbonyl (C=O) groups is 1.